The van der Waals surface area contributed by atoms with Gasteiger partial charge >= 0.3 is 0 Å². The van der Waals surface area contributed by atoms with E-state index >= 15 is 0 Å². The van der Waals surface area contributed by atoms with Crippen LogP contribution in [-0.2, 0) is 0 Å². The number of nitrogens with one attached hydrogen (secondary N) is 1. The second kappa shape index (κ2) is 5.58. The predicted octanol–water partition coefficient (Wildman–Crippen LogP) is 3.49. The zero-order chi connectivity index (χ0) is 14.1. The minimum Gasteiger partial charge on any atom is -0.459 e. The average molecular weight is 272 g/mol. The summed E-state index contributed by atoms with van der Waals surface area (Å²) in [6.45, 7) is 6.61. The van der Waals surface area contributed by atoms with Crippen LogP contribution >= 0.6 is 0 Å². The molecule has 3 heteroatoms. The SMILES string of the molecule is Cc1c(C(C)NCC2CCCN2C)oc2ccccc12. The molecule has 1 aromatic heterocycles. The Morgan fingerprint density at radius 3 is 2.90 bits per heavy atom. The standard InChI is InChI=1S/C17H24N2O/c1-12-15-8-4-5-9-16(15)20-17(12)13(2)18-11-14-7-6-10-19(14)3/h4-5,8-9,13-14,18H,6-7,10-11H2,1-3H3. The molecular weight excluding hydrogens is 248 g/mol. The molecule has 2 heterocycles. The van der Waals surface area contributed by atoms with Crippen LogP contribution in [0.25, 0.3) is 11.0 Å². The molecule has 0 bridgehead atoms. The number of benzene rings is 1. The van der Waals surface area contributed by atoms with Crippen molar-refractivity contribution in [3.63, 3.8) is 0 Å². The molecule has 1 aromatic carbocycles. The van der Waals surface area contributed by atoms with Crippen molar-refractivity contribution in [1.29, 1.82) is 0 Å². The molecule has 108 valence electrons. The Morgan fingerprint density at radius 2 is 2.20 bits per heavy atom. The molecular formula is C17H24N2O. The van der Waals surface area contributed by atoms with Crippen LogP contribution < -0.4 is 5.32 Å². The fourth-order valence-corrected chi connectivity index (χ4v) is 3.25. The summed E-state index contributed by atoms with van der Waals surface area (Å²) in [4.78, 5) is 2.45. The van der Waals surface area contributed by atoms with Gasteiger partial charge in [0.25, 0.3) is 0 Å². The zero-order valence-electron chi connectivity index (χ0n) is 12.6. The van der Waals surface area contributed by atoms with E-state index in [-0.39, 0.29) is 6.04 Å². The first-order chi connectivity index (χ1) is 9.66. The van der Waals surface area contributed by atoms with Gasteiger partial charge in [-0.05, 0) is 51.9 Å². The van der Waals surface area contributed by atoms with Gasteiger partial charge in [0.15, 0.2) is 0 Å². The second-order valence-corrected chi connectivity index (χ2v) is 5.99. The number of likely N-dealkylation sites (tertiary alicyclic amines) is 1. The van der Waals surface area contributed by atoms with Crippen LogP contribution in [-0.4, -0.2) is 31.1 Å². The van der Waals surface area contributed by atoms with Crippen LogP contribution in [0.2, 0.25) is 0 Å². The molecule has 20 heavy (non-hydrogen) atoms. The van der Waals surface area contributed by atoms with E-state index in [1.165, 1.54) is 30.3 Å². The van der Waals surface area contributed by atoms with E-state index in [2.05, 4.69) is 43.2 Å². The van der Waals surface area contributed by atoms with Gasteiger partial charge in [0.2, 0.25) is 0 Å². The molecule has 0 radical (unpaired) electrons. The number of hydrogen-bond donors (Lipinski definition) is 1. The Bertz CT molecular complexity index is 590. The first kappa shape index (κ1) is 13.7. The minimum atomic E-state index is 0.261. The number of para-hydroxylation sites is 1. The second-order valence-electron chi connectivity index (χ2n) is 5.99. The lowest BCUT2D eigenvalue weighted by Crippen LogP contribution is -2.36. The maximum Gasteiger partial charge on any atom is 0.134 e. The van der Waals surface area contributed by atoms with Gasteiger partial charge in [-0.1, -0.05) is 18.2 Å². The van der Waals surface area contributed by atoms with Gasteiger partial charge in [0.1, 0.15) is 11.3 Å². The number of nitrogens with zero attached hydrogens (tertiary/aromatic N) is 1. The van der Waals surface area contributed by atoms with E-state index < -0.39 is 0 Å². The van der Waals surface area contributed by atoms with Crippen molar-refractivity contribution in [2.75, 3.05) is 20.1 Å². The Morgan fingerprint density at radius 1 is 1.40 bits per heavy atom. The van der Waals surface area contributed by atoms with E-state index in [1.54, 1.807) is 0 Å². The summed E-state index contributed by atoms with van der Waals surface area (Å²) < 4.78 is 6.03. The third-order valence-corrected chi connectivity index (χ3v) is 4.61. The summed E-state index contributed by atoms with van der Waals surface area (Å²) in [6, 6.07) is 9.21. The molecule has 1 aliphatic rings. The fraction of sp³-hybridized carbons (Fsp3) is 0.529. The zero-order valence-corrected chi connectivity index (χ0v) is 12.6. The Kier molecular flexibility index (Phi) is 3.81. The van der Waals surface area contributed by atoms with E-state index in [0.29, 0.717) is 6.04 Å². The van der Waals surface area contributed by atoms with Gasteiger partial charge in [0, 0.05) is 18.0 Å². The lowest BCUT2D eigenvalue weighted by atomic mass is 10.1. The van der Waals surface area contributed by atoms with Crippen LogP contribution in [0.15, 0.2) is 28.7 Å². The van der Waals surface area contributed by atoms with Crippen molar-refractivity contribution in [3.05, 3.63) is 35.6 Å². The lowest BCUT2D eigenvalue weighted by molar-refractivity contribution is 0.288. The summed E-state index contributed by atoms with van der Waals surface area (Å²) in [5.74, 6) is 1.08. The number of likely N-dealkylation sites (N-methyl/N-ethyl adjacent to an activating group) is 1. The largest absolute Gasteiger partial charge is 0.459 e. The van der Waals surface area contributed by atoms with E-state index in [9.17, 15) is 0 Å². The van der Waals surface area contributed by atoms with Crippen LogP contribution in [0.5, 0.6) is 0 Å². The molecule has 3 nitrogen and oxygen atoms in total. The fourth-order valence-electron chi connectivity index (χ4n) is 3.25. The molecule has 2 unspecified atom stereocenters. The Labute approximate surface area is 120 Å². The molecule has 1 saturated heterocycles. The van der Waals surface area contributed by atoms with Gasteiger partial charge in [-0.2, -0.15) is 0 Å². The van der Waals surface area contributed by atoms with Gasteiger partial charge in [-0.15, -0.1) is 0 Å². The molecule has 1 N–H and O–H groups in total. The number of aryl methyl sites for hydroxylation is 1. The Balaban J connectivity index is 1.72. The predicted molar refractivity (Wildman–Crippen MR) is 83.0 cm³/mol. The van der Waals surface area contributed by atoms with Crippen molar-refractivity contribution in [1.82, 2.24) is 10.2 Å². The molecule has 1 fully saturated rings. The maximum absolute atomic E-state index is 6.03. The number of furan rings is 1. The summed E-state index contributed by atoms with van der Waals surface area (Å²) in [5, 5.41) is 4.87. The molecule has 2 atom stereocenters. The third-order valence-electron chi connectivity index (χ3n) is 4.61. The van der Waals surface area contributed by atoms with E-state index in [4.69, 9.17) is 4.42 Å². The first-order valence-corrected chi connectivity index (χ1v) is 7.58. The monoisotopic (exact) mass is 272 g/mol. The van der Waals surface area contributed by atoms with Crippen molar-refractivity contribution in [2.24, 2.45) is 0 Å². The molecule has 1 aliphatic heterocycles. The van der Waals surface area contributed by atoms with Crippen LogP contribution in [0.3, 0.4) is 0 Å². The van der Waals surface area contributed by atoms with Crippen molar-refractivity contribution >= 4 is 11.0 Å². The number of fused-ring (bicyclic) bond motifs is 1. The van der Waals surface area contributed by atoms with Gasteiger partial charge in [0.05, 0.1) is 6.04 Å². The summed E-state index contributed by atoms with van der Waals surface area (Å²) in [5.41, 5.74) is 2.26. The minimum absolute atomic E-state index is 0.261. The quantitative estimate of drug-likeness (QED) is 0.923. The first-order valence-electron chi connectivity index (χ1n) is 7.58. The lowest BCUT2D eigenvalue weighted by Gasteiger charge is -2.22. The van der Waals surface area contributed by atoms with Crippen molar-refractivity contribution in [3.8, 4) is 0 Å². The molecule has 0 saturated carbocycles. The molecule has 3 rings (SSSR count). The third kappa shape index (κ3) is 2.48. The molecule has 0 spiro atoms. The molecule has 0 aliphatic carbocycles. The highest BCUT2D eigenvalue weighted by Gasteiger charge is 2.22. The normalized spacial score (nSPS) is 21.6. The maximum atomic E-state index is 6.03. The highest BCUT2D eigenvalue weighted by atomic mass is 16.3. The van der Waals surface area contributed by atoms with E-state index in [1.807, 2.05) is 12.1 Å². The summed E-state index contributed by atoms with van der Waals surface area (Å²) in [6.07, 6.45) is 2.62. The summed E-state index contributed by atoms with van der Waals surface area (Å²) in [7, 11) is 2.22. The topological polar surface area (TPSA) is 28.4 Å². The summed E-state index contributed by atoms with van der Waals surface area (Å²) >= 11 is 0. The van der Waals surface area contributed by atoms with Crippen molar-refractivity contribution in [2.45, 2.75) is 38.8 Å². The number of rotatable bonds is 4. The number of hydrogen-bond acceptors (Lipinski definition) is 3. The highest BCUT2D eigenvalue weighted by molar-refractivity contribution is 5.82. The highest BCUT2D eigenvalue weighted by Crippen LogP contribution is 2.29. The Hall–Kier alpha value is -1.32. The molecule has 0 amide bonds. The molecule has 2 aromatic rings. The van der Waals surface area contributed by atoms with Crippen LogP contribution in [0.1, 0.15) is 37.1 Å². The van der Waals surface area contributed by atoms with Gasteiger partial charge in [-0.25, -0.2) is 0 Å². The average Bonchev–Trinajstić information content (AvgIpc) is 3.01. The smallest absolute Gasteiger partial charge is 0.134 e. The van der Waals surface area contributed by atoms with Gasteiger partial charge in [-0.3, -0.25) is 0 Å². The van der Waals surface area contributed by atoms with Crippen molar-refractivity contribution < 1.29 is 4.42 Å². The van der Waals surface area contributed by atoms with E-state index in [0.717, 1.165) is 17.9 Å². The van der Waals surface area contributed by atoms with Gasteiger partial charge < -0.3 is 14.6 Å². The van der Waals surface area contributed by atoms with Crippen LogP contribution in [0.4, 0.5) is 0 Å². The van der Waals surface area contributed by atoms with Crippen LogP contribution in [0, 0.1) is 6.92 Å².